The van der Waals surface area contributed by atoms with Gasteiger partial charge in [-0.1, -0.05) is 18.2 Å². The summed E-state index contributed by atoms with van der Waals surface area (Å²) >= 11 is 6.07. The highest BCUT2D eigenvalue weighted by molar-refractivity contribution is 6.30. The van der Waals surface area contributed by atoms with Crippen molar-refractivity contribution in [2.75, 3.05) is 20.3 Å². The summed E-state index contributed by atoms with van der Waals surface area (Å²) in [4.78, 5) is 35.6. The second kappa shape index (κ2) is 8.57. The standard InChI is InChI=1S/C17H19ClN2O6/c1-4-25-13(21)8-26-12-6-5-10(18)7-11(12)15-14(16(22)24-3)9(2)19-17(23)20-15/h5-7,14-15H,2,4,8H2,1,3H3,(H2,19,20,23)/t14-,15+/m0/s1. The SMILES string of the molecule is C=C1NC(=O)N[C@H](c2cc(Cl)ccc2OCC(=O)OCC)[C@H]1C(=O)OC. The highest BCUT2D eigenvalue weighted by atomic mass is 35.5. The zero-order chi connectivity index (χ0) is 19.3. The molecule has 2 atom stereocenters. The average molecular weight is 383 g/mol. The van der Waals surface area contributed by atoms with E-state index >= 15 is 0 Å². The van der Waals surface area contributed by atoms with Crippen LogP contribution in [0.3, 0.4) is 0 Å². The summed E-state index contributed by atoms with van der Waals surface area (Å²) in [5, 5.41) is 5.46. The maximum absolute atomic E-state index is 12.2. The Kier molecular flexibility index (Phi) is 6.46. The van der Waals surface area contributed by atoms with Gasteiger partial charge >= 0.3 is 18.0 Å². The molecule has 0 radical (unpaired) electrons. The lowest BCUT2D eigenvalue weighted by atomic mass is 9.88. The van der Waals surface area contributed by atoms with E-state index in [1.165, 1.54) is 7.11 Å². The number of benzene rings is 1. The predicted molar refractivity (Wildman–Crippen MR) is 92.6 cm³/mol. The van der Waals surface area contributed by atoms with Crippen LogP contribution in [-0.4, -0.2) is 38.3 Å². The predicted octanol–water partition coefficient (Wildman–Crippen LogP) is 1.94. The molecule has 1 aromatic carbocycles. The largest absolute Gasteiger partial charge is 0.482 e. The van der Waals surface area contributed by atoms with Gasteiger partial charge in [0.05, 0.1) is 19.8 Å². The third kappa shape index (κ3) is 4.45. The molecule has 0 unspecified atom stereocenters. The molecule has 0 aromatic heterocycles. The van der Waals surface area contributed by atoms with Crippen LogP contribution >= 0.6 is 11.6 Å². The van der Waals surface area contributed by atoms with Gasteiger partial charge < -0.3 is 24.8 Å². The van der Waals surface area contributed by atoms with Gasteiger partial charge in [-0.05, 0) is 25.1 Å². The first-order chi connectivity index (χ1) is 12.4. The molecule has 2 amide bonds. The van der Waals surface area contributed by atoms with E-state index < -0.39 is 29.9 Å². The molecule has 1 heterocycles. The Bertz CT molecular complexity index is 736. The van der Waals surface area contributed by atoms with E-state index in [9.17, 15) is 14.4 Å². The van der Waals surface area contributed by atoms with Gasteiger partial charge in [-0.15, -0.1) is 0 Å². The van der Waals surface area contributed by atoms with Crippen molar-refractivity contribution in [1.29, 1.82) is 0 Å². The van der Waals surface area contributed by atoms with Crippen molar-refractivity contribution in [3.05, 3.63) is 41.1 Å². The molecule has 9 heteroatoms. The highest BCUT2D eigenvalue weighted by Gasteiger charge is 2.40. The Morgan fingerprint density at radius 3 is 2.73 bits per heavy atom. The lowest BCUT2D eigenvalue weighted by molar-refractivity contribution is -0.146. The first kappa shape index (κ1) is 19.6. The summed E-state index contributed by atoms with van der Waals surface area (Å²) in [6, 6.07) is 3.29. The zero-order valence-electron chi connectivity index (χ0n) is 14.3. The Hall–Kier alpha value is -2.74. The maximum atomic E-state index is 12.2. The minimum Gasteiger partial charge on any atom is -0.482 e. The van der Waals surface area contributed by atoms with E-state index in [-0.39, 0.29) is 24.7 Å². The van der Waals surface area contributed by atoms with Crippen LogP contribution in [-0.2, 0) is 19.1 Å². The topological polar surface area (TPSA) is 103 Å². The maximum Gasteiger partial charge on any atom is 0.344 e. The van der Waals surface area contributed by atoms with Gasteiger partial charge in [0.1, 0.15) is 11.7 Å². The number of urea groups is 1. The van der Waals surface area contributed by atoms with Crippen LogP contribution in [0.4, 0.5) is 4.79 Å². The molecule has 1 saturated heterocycles. The van der Waals surface area contributed by atoms with E-state index in [0.29, 0.717) is 10.6 Å². The normalized spacial score (nSPS) is 19.2. The summed E-state index contributed by atoms with van der Waals surface area (Å²) in [7, 11) is 1.24. The molecule has 1 aliphatic heterocycles. The van der Waals surface area contributed by atoms with Crippen molar-refractivity contribution in [3.8, 4) is 5.75 Å². The van der Waals surface area contributed by atoms with Crippen LogP contribution in [0.25, 0.3) is 0 Å². The minimum absolute atomic E-state index is 0.182. The van der Waals surface area contributed by atoms with E-state index in [1.807, 2.05) is 0 Å². The molecule has 0 bridgehead atoms. The van der Waals surface area contributed by atoms with Gasteiger partial charge in [-0.25, -0.2) is 9.59 Å². The molecule has 1 aromatic rings. The lowest BCUT2D eigenvalue weighted by Crippen LogP contribution is -2.51. The van der Waals surface area contributed by atoms with Crippen LogP contribution in [0.2, 0.25) is 5.02 Å². The number of hydrogen-bond acceptors (Lipinski definition) is 6. The van der Waals surface area contributed by atoms with Crippen molar-refractivity contribution in [3.63, 3.8) is 0 Å². The van der Waals surface area contributed by atoms with Gasteiger partial charge in [-0.3, -0.25) is 4.79 Å². The summed E-state index contributed by atoms with van der Waals surface area (Å²) in [6.07, 6.45) is 0. The van der Waals surface area contributed by atoms with Gasteiger partial charge in [0, 0.05) is 16.3 Å². The van der Waals surface area contributed by atoms with Crippen LogP contribution in [0, 0.1) is 5.92 Å². The zero-order valence-corrected chi connectivity index (χ0v) is 15.1. The number of hydrogen-bond donors (Lipinski definition) is 2. The van der Waals surface area contributed by atoms with Crippen molar-refractivity contribution >= 4 is 29.6 Å². The van der Waals surface area contributed by atoms with Gasteiger partial charge in [0.25, 0.3) is 0 Å². The molecule has 1 fully saturated rings. The third-order valence-corrected chi connectivity index (χ3v) is 3.92. The molecule has 2 rings (SSSR count). The number of carbonyl (C=O) groups is 3. The van der Waals surface area contributed by atoms with E-state index in [4.69, 9.17) is 25.8 Å². The van der Waals surface area contributed by atoms with E-state index in [1.54, 1.807) is 25.1 Å². The molecule has 0 spiro atoms. The van der Waals surface area contributed by atoms with Gasteiger partial charge in [-0.2, -0.15) is 0 Å². The molecule has 140 valence electrons. The molecule has 26 heavy (non-hydrogen) atoms. The van der Waals surface area contributed by atoms with E-state index in [2.05, 4.69) is 17.2 Å². The summed E-state index contributed by atoms with van der Waals surface area (Å²) in [5.74, 6) is -1.77. The van der Waals surface area contributed by atoms with Crippen LogP contribution in [0.15, 0.2) is 30.5 Å². The fraction of sp³-hybridized carbons (Fsp3) is 0.353. The second-order valence-electron chi connectivity index (χ2n) is 5.38. The number of esters is 2. The molecule has 0 saturated carbocycles. The van der Waals surface area contributed by atoms with E-state index in [0.717, 1.165) is 0 Å². The van der Waals surface area contributed by atoms with Crippen molar-refractivity contribution in [1.82, 2.24) is 10.6 Å². The first-order valence-electron chi connectivity index (χ1n) is 7.79. The monoisotopic (exact) mass is 382 g/mol. The number of carbonyl (C=O) groups excluding carboxylic acids is 3. The second-order valence-corrected chi connectivity index (χ2v) is 5.81. The summed E-state index contributed by atoms with van der Waals surface area (Å²) in [5.41, 5.74) is 0.593. The number of halogens is 1. The van der Waals surface area contributed by atoms with Crippen LogP contribution in [0.1, 0.15) is 18.5 Å². The Morgan fingerprint density at radius 2 is 2.08 bits per heavy atom. The molecule has 2 N–H and O–H groups in total. The van der Waals surface area contributed by atoms with Crippen molar-refractivity contribution < 1.29 is 28.6 Å². The number of methoxy groups -OCH3 is 1. The third-order valence-electron chi connectivity index (χ3n) is 3.68. The van der Waals surface area contributed by atoms with Crippen molar-refractivity contribution in [2.24, 2.45) is 5.92 Å². The number of ether oxygens (including phenoxy) is 3. The number of nitrogens with one attached hydrogen (secondary N) is 2. The molecule has 0 aliphatic carbocycles. The number of rotatable bonds is 6. The fourth-order valence-corrected chi connectivity index (χ4v) is 2.76. The van der Waals surface area contributed by atoms with Crippen LogP contribution in [0.5, 0.6) is 5.75 Å². The Morgan fingerprint density at radius 1 is 1.35 bits per heavy atom. The smallest absolute Gasteiger partial charge is 0.344 e. The quantitative estimate of drug-likeness (QED) is 0.729. The van der Waals surface area contributed by atoms with Gasteiger partial charge in [0.2, 0.25) is 0 Å². The highest BCUT2D eigenvalue weighted by Crippen LogP contribution is 2.37. The average Bonchev–Trinajstić information content (AvgIpc) is 2.59. The summed E-state index contributed by atoms with van der Waals surface area (Å²) in [6.45, 7) is 5.30. The molecular weight excluding hydrogens is 364 g/mol. The molecule has 8 nitrogen and oxygen atoms in total. The number of amides is 2. The Labute approximate surface area is 155 Å². The van der Waals surface area contributed by atoms with Crippen LogP contribution < -0.4 is 15.4 Å². The lowest BCUT2D eigenvalue weighted by Gasteiger charge is -2.33. The first-order valence-corrected chi connectivity index (χ1v) is 8.17. The fourth-order valence-electron chi connectivity index (χ4n) is 2.58. The van der Waals surface area contributed by atoms with Gasteiger partial charge in [0.15, 0.2) is 6.61 Å². The molecular formula is C17H19ClN2O6. The summed E-state index contributed by atoms with van der Waals surface area (Å²) < 4.78 is 15.1. The minimum atomic E-state index is -0.902. The molecule has 1 aliphatic rings. The van der Waals surface area contributed by atoms with Crippen molar-refractivity contribution in [2.45, 2.75) is 13.0 Å². The Balaban J connectivity index is 2.38.